The third kappa shape index (κ3) is 4.81. The molecule has 1 amide bonds. The van der Waals surface area contributed by atoms with Crippen LogP contribution < -0.4 is 5.32 Å². The van der Waals surface area contributed by atoms with Crippen molar-refractivity contribution < 1.29 is 14.3 Å². The van der Waals surface area contributed by atoms with Gasteiger partial charge in [0.25, 0.3) is 5.91 Å². The molecule has 3 aromatic rings. The molecule has 8 heteroatoms. The maximum Gasteiger partial charge on any atom is 0.313 e. The van der Waals surface area contributed by atoms with Crippen molar-refractivity contribution in [1.82, 2.24) is 14.8 Å². The van der Waals surface area contributed by atoms with Gasteiger partial charge in [-0.1, -0.05) is 44.2 Å². The molecule has 33 heavy (non-hydrogen) atoms. The summed E-state index contributed by atoms with van der Waals surface area (Å²) >= 11 is 1.64. The SMILES string of the molecule is O=C(COC(=O)C1(Cc2nc3ccccc3s2)CCCCC1)Nc1ccnn1C1CCCC1. The minimum absolute atomic E-state index is 0.277. The zero-order valence-electron chi connectivity index (χ0n) is 18.8. The summed E-state index contributed by atoms with van der Waals surface area (Å²) in [4.78, 5) is 30.6. The van der Waals surface area contributed by atoms with E-state index in [1.54, 1.807) is 23.6 Å². The Morgan fingerprint density at radius 2 is 1.88 bits per heavy atom. The Morgan fingerprint density at radius 3 is 2.67 bits per heavy atom. The molecular weight excluding hydrogens is 436 g/mol. The highest BCUT2D eigenvalue weighted by Gasteiger charge is 2.42. The van der Waals surface area contributed by atoms with Gasteiger partial charge in [-0.3, -0.25) is 9.59 Å². The summed E-state index contributed by atoms with van der Waals surface area (Å²) in [7, 11) is 0. The minimum atomic E-state index is -0.599. The molecule has 2 heterocycles. The van der Waals surface area contributed by atoms with Crippen molar-refractivity contribution in [2.45, 2.75) is 70.3 Å². The number of hydrogen-bond acceptors (Lipinski definition) is 6. The van der Waals surface area contributed by atoms with Gasteiger partial charge in [-0.15, -0.1) is 11.3 Å². The second kappa shape index (κ2) is 9.63. The highest BCUT2D eigenvalue weighted by molar-refractivity contribution is 7.18. The molecule has 7 nitrogen and oxygen atoms in total. The topological polar surface area (TPSA) is 86.1 Å². The van der Waals surface area contributed by atoms with Crippen LogP contribution in [0.5, 0.6) is 0 Å². The van der Waals surface area contributed by atoms with Crippen LogP contribution in [0.3, 0.4) is 0 Å². The zero-order valence-corrected chi connectivity index (χ0v) is 19.6. The number of thiazole rings is 1. The van der Waals surface area contributed by atoms with Gasteiger partial charge in [0, 0.05) is 12.5 Å². The maximum atomic E-state index is 13.3. The Bertz CT molecular complexity index is 1090. The molecule has 2 aromatic heterocycles. The number of anilines is 1. The molecule has 2 aliphatic carbocycles. The van der Waals surface area contributed by atoms with Gasteiger partial charge in [0.05, 0.1) is 32.9 Å². The van der Waals surface area contributed by atoms with E-state index < -0.39 is 5.41 Å². The molecule has 1 N–H and O–H groups in total. The number of ether oxygens (including phenoxy) is 1. The van der Waals surface area contributed by atoms with E-state index >= 15 is 0 Å². The highest BCUT2D eigenvalue weighted by atomic mass is 32.1. The van der Waals surface area contributed by atoms with Crippen molar-refractivity contribution in [1.29, 1.82) is 0 Å². The quantitative estimate of drug-likeness (QED) is 0.479. The number of aromatic nitrogens is 3. The van der Waals surface area contributed by atoms with Crippen molar-refractivity contribution in [3.63, 3.8) is 0 Å². The molecule has 2 fully saturated rings. The van der Waals surface area contributed by atoms with Gasteiger partial charge >= 0.3 is 5.97 Å². The van der Waals surface area contributed by atoms with E-state index in [0.29, 0.717) is 18.3 Å². The van der Waals surface area contributed by atoms with E-state index in [2.05, 4.69) is 16.5 Å². The van der Waals surface area contributed by atoms with Crippen molar-refractivity contribution in [2.24, 2.45) is 5.41 Å². The molecule has 0 aliphatic heterocycles. The van der Waals surface area contributed by atoms with Gasteiger partial charge in [-0.05, 0) is 37.8 Å². The number of amides is 1. The first kappa shape index (κ1) is 22.1. The normalized spacial score (nSPS) is 18.4. The van der Waals surface area contributed by atoms with Crippen LogP contribution in [0.4, 0.5) is 5.82 Å². The fourth-order valence-electron chi connectivity index (χ4n) is 5.28. The van der Waals surface area contributed by atoms with Crippen LogP contribution in [0.1, 0.15) is 68.8 Å². The third-order valence-corrected chi connectivity index (χ3v) is 8.05. The van der Waals surface area contributed by atoms with Crippen LogP contribution in [-0.4, -0.2) is 33.2 Å². The summed E-state index contributed by atoms with van der Waals surface area (Å²) in [5, 5.41) is 8.22. The van der Waals surface area contributed by atoms with Crippen molar-refractivity contribution >= 4 is 39.2 Å². The summed E-state index contributed by atoms with van der Waals surface area (Å²) in [6.07, 6.45) is 11.5. The summed E-state index contributed by atoms with van der Waals surface area (Å²) < 4.78 is 8.62. The van der Waals surface area contributed by atoms with Crippen LogP contribution in [0.25, 0.3) is 10.2 Å². The van der Waals surface area contributed by atoms with E-state index in [1.807, 2.05) is 22.9 Å². The number of benzene rings is 1. The van der Waals surface area contributed by atoms with Gasteiger partial charge in [-0.25, -0.2) is 9.67 Å². The van der Waals surface area contributed by atoms with Crippen LogP contribution in [0, 0.1) is 5.41 Å². The fourth-order valence-corrected chi connectivity index (χ4v) is 6.39. The largest absolute Gasteiger partial charge is 0.455 e. The van der Waals surface area contributed by atoms with Gasteiger partial charge in [-0.2, -0.15) is 5.10 Å². The molecule has 0 radical (unpaired) electrons. The van der Waals surface area contributed by atoms with E-state index in [0.717, 1.165) is 60.2 Å². The molecular formula is C25H30N4O3S. The smallest absolute Gasteiger partial charge is 0.313 e. The number of nitrogens with zero attached hydrogens (tertiary/aromatic N) is 3. The lowest BCUT2D eigenvalue weighted by Gasteiger charge is -2.34. The van der Waals surface area contributed by atoms with Crippen LogP contribution in [-0.2, 0) is 20.7 Å². The number of nitrogens with one attached hydrogen (secondary N) is 1. The average Bonchev–Trinajstić information content (AvgIpc) is 3.58. The van der Waals surface area contributed by atoms with Crippen molar-refractivity contribution in [3.05, 3.63) is 41.5 Å². The number of esters is 1. The molecule has 0 bridgehead atoms. The van der Waals surface area contributed by atoms with Crippen molar-refractivity contribution in [2.75, 3.05) is 11.9 Å². The average molecular weight is 467 g/mol. The predicted octanol–water partition coefficient (Wildman–Crippen LogP) is 5.28. The second-order valence-electron chi connectivity index (χ2n) is 9.32. The lowest BCUT2D eigenvalue weighted by Crippen LogP contribution is -2.38. The molecule has 0 saturated heterocycles. The standard InChI is InChI=1S/C25H30N4O3S/c30-22(28-21-12-15-26-29(21)18-8-2-3-9-18)17-32-24(31)25(13-6-1-7-14-25)16-23-27-19-10-4-5-11-20(19)33-23/h4-5,10-12,15,18H,1-3,6-9,13-14,16-17H2,(H,28,30). The zero-order chi connectivity index (χ0) is 22.7. The van der Waals surface area contributed by atoms with Gasteiger partial charge < -0.3 is 10.1 Å². The van der Waals surface area contributed by atoms with Crippen LogP contribution >= 0.6 is 11.3 Å². The first-order valence-corrected chi connectivity index (χ1v) is 12.8. The van der Waals surface area contributed by atoms with Crippen molar-refractivity contribution in [3.8, 4) is 0 Å². The molecule has 2 aliphatic rings. The molecule has 0 unspecified atom stereocenters. The second-order valence-corrected chi connectivity index (χ2v) is 10.4. The Hall–Kier alpha value is -2.74. The van der Waals surface area contributed by atoms with E-state index in [-0.39, 0.29) is 18.5 Å². The summed E-state index contributed by atoms with van der Waals surface area (Å²) in [5.74, 6) is 0.0692. The molecule has 0 spiro atoms. The number of para-hydroxylation sites is 1. The van der Waals surface area contributed by atoms with Crippen LogP contribution in [0.15, 0.2) is 36.5 Å². The first-order valence-electron chi connectivity index (χ1n) is 12.0. The van der Waals surface area contributed by atoms with Gasteiger partial charge in [0.2, 0.25) is 0 Å². The minimum Gasteiger partial charge on any atom is -0.455 e. The number of carbonyl (C=O) groups excluding carboxylic acids is 2. The van der Waals surface area contributed by atoms with E-state index in [1.165, 1.54) is 12.8 Å². The first-order chi connectivity index (χ1) is 16.1. The summed E-state index contributed by atoms with van der Waals surface area (Å²) in [5.41, 5.74) is 0.368. The Balaban J connectivity index is 1.23. The Labute approximate surface area is 197 Å². The fraction of sp³-hybridized carbons (Fsp3) is 0.520. The van der Waals surface area contributed by atoms with E-state index in [9.17, 15) is 9.59 Å². The maximum absolute atomic E-state index is 13.3. The molecule has 5 rings (SSSR count). The number of carbonyl (C=O) groups is 2. The molecule has 1 aromatic carbocycles. The summed E-state index contributed by atoms with van der Waals surface area (Å²) in [6, 6.07) is 10.2. The molecule has 174 valence electrons. The number of rotatable bonds is 7. The summed E-state index contributed by atoms with van der Waals surface area (Å²) in [6.45, 7) is -0.281. The number of fused-ring (bicyclic) bond motifs is 1. The molecule has 2 saturated carbocycles. The van der Waals surface area contributed by atoms with Gasteiger partial charge in [0.1, 0.15) is 5.82 Å². The van der Waals surface area contributed by atoms with Crippen LogP contribution in [0.2, 0.25) is 0 Å². The highest BCUT2D eigenvalue weighted by Crippen LogP contribution is 2.41. The van der Waals surface area contributed by atoms with E-state index in [4.69, 9.17) is 9.72 Å². The third-order valence-electron chi connectivity index (χ3n) is 7.01. The Morgan fingerprint density at radius 1 is 1.09 bits per heavy atom. The predicted molar refractivity (Wildman–Crippen MR) is 128 cm³/mol. The Kier molecular flexibility index (Phi) is 6.44. The monoisotopic (exact) mass is 466 g/mol. The lowest BCUT2D eigenvalue weighted by molar-refractivity contribution is -0.160. The lowest BCUT2D eigenvalue weighted by atomic mass is 9.72. The van der Waals surface area contributed by atoms with Gasteiger partial charge in [0.15, 0.2) is 6.61 Å². The number of hydrogen-bond donors (Lipinski definition) is 1. The molecule has 0 atom stereocenters.